The van der Waals surface area contributed by atoms with Gasteiger partial charge in [-0.15, -0.1) is 0 Å². The molecule has 4 heteroatoms. The molecule has 2 rings (SSSR count). The smallest absolute Gasteiger partial charge is 0.141 e. The Morgan fingerprint density at radius 1 is 1.36 bits per heavy atom. The molecule has 1 aromatic heterocycles. The summed E-state index contributed by atoms with van der Waals surface area (Å²) in [5, 5.41) is 7.02. The molecule has 0 spiro atoms. The van der Waals surface area contributed by atoms with E-state index in [4.69, 9.17) is 11.6 Å². The van der Waals surface area contributed by atoms with Gasteiger partial charge in [0.1, 0.15) is 5.82 Å². The summed E-state index contributed by atoms with van der Waals surface area (Å²) in [6.07, 6.45) is 9.23. The lowest BCUT2D eigenvalue weighted by Gasteiger charge is -2.04. The lowest BCUT2D eigenvalue weighted by atomic mass is 10.0. The number of hydrogen-bond donors (Lipinski definition) is 1. The van der Waals surface area contributed by atoms with Crippen LogP contribution in [-0.4, -0.2) is 10.2 Å². The third kappa shape index (κ3) is 4.43. The molecular weight excluding hydrogens is 299 g/mol. The topological polar surface area (TPSA) is 28.7 Å². The van der Waals surface area contributed by atoms with Crippen molar-refractivity contribution in [2.75, 3.05) is 0 Å². The minimum atomic E-state index is -0.386. The van der Waals surface area contributed by atoms with Crippen LogP contribution in [-0.2, 0) is 6.42 Å². The van der Waals surface area contributed by atoms with E-state index in [1.54, 1.807) is 18.3 Å². The maximum absolute atomic E-state index is 13.1. The number of aromatic nitrogens is 2. The van der Waals surface area contributed by atoms with E-state index < -0.39 is 0 Å². The maximum Gasteiger partial charge on any atom is 0.141 e. The Labute approximate surface area is 135 Å². The maximum atomic E-state index is 13.1. The number of nitrogens with one attached hydrogen (secondary N) is 1. The molecule has 0 saturated heterocycles. The number of H-pyrrole nitrogens is 1. The number of allylic oxidation sites excluding steroid dienone is 5. The van der Waals surface area contributed by atoms with Gasteiger partial charge in [0.2, 0.25) is 0 Å². The molecule has 22 heavy (non-hydrogen) atoms. The summed E-state index contributed by atoms with van der Waals surface area (Å²) in [5.41, 5.74) is 4.21. The molecule has 0 saturated carbocycles. The molecule has 2 aromatic rings. The number of nitrogens with zero attached hydrogens (tertiary/aromatic N) is 1. The number of benzene rings is 1. The second kappa shape index (κ2) is 7.76. The first-order chi connectivity index (χ1) is 10.6. The van der Waals surface area contributed by atoms with Crippen LogP contribution < -0.4 is 0 Å². The minimum Gasteiger partial charge on any atom is -0.278 e. The van der Waals surface area contributed by atoms with E-state index in [1.165, 1.54) is 6.07 Å². The Morgan fingerprint density at radius 3 is 2.82 bits per heavy atom. The molecule has 0 bridgehead atoms. The van der Waals surface area contributed by atoms with Crippen molar-refractivity contribution < 1.29 is 4.39 Å². The van der Waals surface area contributed by atoms with Crippen LogP contribution in [0.5, 0.6) is 0 Å². The molecule has 0 aliphatic rings. The van der Waals surface area contributed by atoms with Gasteiger partial charge in [0.25, 0.3) is 0 Å². The van der Waals surface area contributed by atoms with Gasteiger partial charge in [-0.1, -0.05) is 42.5 Å². The van der Waals surface area contributed by atoms with Crippen LogP contribution in [0, 0.1) is 5.82 Å². The highest BCUT2D eigenvalue weighted by Crippen LogP contribution is 2.19. The molecule has 2 nitrogen and oxygen atoms in total. The van der Waals surface area contributed by atoms with Gasteiger partial charge in [-0.3, -0.25) is 5.10 Å². The van der Waals surface area contributed by atoms with Crippen molar-refractivity contribution in [2.45, 2.75) is 19.8 Å². The Hall–Kier alpha value is -2.13. The molecule has 0 fully saturated rings. The first kappa shape index (κ1) is 16.2. The predicted molar refractivity (Wildman–Crippen MR) is 90.2 cm³/mol. The molecule has 0 aliphatic carbocycles. The minimum absolute atomic E-state index is 0.164. The largest absolute Gasteiger partial charge is 0.278 e. The van der Waals surface area contributed by atoms with Crippen molar-refractivity contribution in [3.05, 3.63) is 82.9 Å². The number of aryl methyl sites for hydroxylation is 1. The molecule has 114 valence electrons. The van der Waals surface area contributed by atoms with Crippen molar-refractivity contribution in [2.24, 2.45) is 0 Å². The summed E-state index contributed by atoms with van der Waals surface area (Å²) in [4.78, 5) is 0. The highest BCUT2D eigenvalue weighted by molar-refractivity contribution is 6.30. The molecule has 0 radical (unpaired) electrons. The Bertz CT molecular complexity index is 700. The van der Waals surface area contributed by atoms with Crippen LogP contribution >= 0.6 is 11.6 Å². The molecule has 0 unspecified atom stereocenters. The van der Waals surface area contributed by atoms with Crippen LogP contribution in [0.3, 0.4) is 0 Å². The van der Waals surface area contributed by atoms with Gasteiger partial charge in [0.15, 0.2) is 0 Å². The molecule has 0 amide bonds. The SMILES string of the molecule is C=C/C(=C\C=C(/C)c1ccn[nH]1)CCc1ccc(F)c(Cl)c1. The summed E-state index contributed by atoms with van der Waals surface area (Å²) in [6.45, 7) is 5.86. The van der Waals surface area contributed by atoms with E-state index in [-0.39, 0.29) is 10.8 Å². The van der Waals surface area contributed by atoms with Crippen LogP contribution in [0.2, 0.25) is 5.02 Å². The molecule has 1 N–H and O–H groups in total. The first-order valence-electron chi connectivity index (χ1n) is 7.03. The predicted octanol–water partition coefficient (Wildman–Crippen LogP) is 5.35. The summed E-state index contributed by atoms with van der Waals surface area (Å²) < 4.78 is 13.1. The first-order valence-corrected chi connectivity index (χ1v) is 7.41. The summed E-state index contributed by atoms with van der Waals surface area (Å²) in [5.74, 6) is -0.386. The molecular formula is C18H18ClFN2. The lowest BCUT2D eigenvalue weighted by Crippen LogP contribution is -1.89. The van der Waals surface area contributed by atoms with Gasteiger partial charge >= 0.3 is 0 Å². The Morgan fingerprint density at radius 2 is 2.18 bits per heavy atom. The fraction of sp³-hybridized carbons (Fsp3) is 0.167. The summed E-state index contributed by atoms with van der Waals surface area (Å²) in [7, 11) is 0. The molecule has 0 atom stereocenters. The van der Waals surface area contributed by atoms with E-state index in [2.05, 4.69) is 16.8 Å². The zero-order chi connectivity index (χ0) is 15.9. The van der Waals surface area contributed by atoms with Crippen LogP contribution in [0.25, 0.3) is 5.57 Å². The van der Waals surface area contributed by atoms with Gasteiger partial charge in [0, 0.05) is 6.20 Å². The van der Waals surface area contributed by atoms with Gasteiger partial charge < -0.3 is 0 Å². The van der Waals surface area contributed by atoms with Gasteiger partial charge in [0.05, 0.1) is 10.7 Å². The fourth-order valence-corrected chi connectivity index (χ4v) is 2.24. The lowest BCUT2D eigenvalue weighted by molar-refractivity contribution is 0.627. The monoisotopic (exact) mass is 316 g/mol. The van der Waals surface area contributed by atoms with Crippen LogP contribution in [0.1, 0.15) is 24.6 Å². The fourth-order valence-electron chi connectivity index (χ4n) is 2.03. The number of aromatic amines is 1. The van der Waals surface area contributed by atoms with Gasteiger partial charge in [-0.25, -0.2) is 4.39 Å². The van der Waals surface area contributed by atoms with Crippen LogP contribution in [0.4, 0.5) is 4.39 Å². The second-order valence-corrected chi connectivity index (χ2v) is 5.42. The van der Waals surface area contributed by atoms with Crippen molar-refractivity contribution in [1.29, 1.82) is 0 Å². The van der Waals surface area contributed by atoms with Crippen molar-refractivity contribution in [1.82, 2.24) is 10.2 Å². The van der Waals surface area contributed by atoms with Crippen LogP contribution in [0.15, 0.2) is 60.8 Å². The van der Waals surface area contributed by atoms with Gasteiger partial charge in [-0.2, -0.15) is 5.10 Å². The van der Waals surface area contributed by atoms with E-state index in [0.29, 0.717) is 0 Å². The van der Waals surface area contributed by atoms with E-state index in [9.17, 15) is 4.39 Å². The van der Waals surface area contributed by atoms with E-state index in [1.807, 2.05) is 31.2 Å². The highest BCUT2D eigenvalue weighted by atomic mass is 35.5. The Kier molecular flexibility index (Phi) is 5.73. The zero-order valence-corrected chi connectivity index (χ0v) is 13.2. The molecule has 1 aromatic carbocycles. The number of halogens is 2. The average Bonchev–Trinajstić information content (AvgIpc) is 3.05. The summed E-state index contributed by atoms with van der Waals surface area (Å²) >= 11 is 5.79. The third-order valence-electron chi connectivity index (χ3n) is 3.42. The van der Waals surface area contributed by atoms with Crippen molar-refractivity contribution in [3.8, 4) is 0 Å². The third-order valence-corrected chi connectivity index (χ3v) is 3.71. The standard InChI is InChI=1S/C18H18ClFN2/c1-3-14(5-4-13(2)18-10-11-21-22-18)6-7-15-8-9-17(20)16(19)12-15/h3-5,8-12H,1,6-7H2,2H3,(H,21,22)/b13-4+,14-5+. The number of rotatable bonds is 6. The number of hydrogen-bond acceptors (Lipinski definition) is 1. The molecule has 1 heterocycles. The molecule has 0 aliphatic heterocycles. The highest BCUT2D eigenvalue weighted by Gasteiger charge is 2.02. The average molecular weight is 317 g/mol. The van der Waals surface area contributed by atoms with Crippen molar-refractivity contribution in [3.63, 3.8) is 0 Å². The summed E-state index contributed by atoms with van der Waals surface area (Å²) in [6, 6.07) is 6.75. The van der Waals surface area contributed by atoms with E-state index in [0.717, 1.165) is 35.2 Å². The second-order valence-electron chi connectivity index (χ2n) is 5.01. The quantitative estimate of drug-likeness (QED) is 0.715. The normalized spacial score (nSPS) is 12.5. The zero-order valence-electron chi connectivity index (χ0n) is 12.4. The van der Waals surface area contributed by atoms with Crippen molar-refractivity contribution >= 4 is 17.2 Å². The van der Waals surface area contributed by atoms with Gasteiger partial charge in [-0.05, 0) is 54.7 Å². The Balaban J connectivity index is 2.02. The van der Waals surface area contributed by atoms with E-state index >= 15 is 0 Å².